The van der Waals surface area contributed by atoms with Crippen molar-refractivity contribution in [1.82, 2.24) is 10.6 Å². The van der Waals surface area contributed by atoms with Crippen LogP contribution in [-0.4, -0.2) is 56.7 Å². The first-order valence-corrected chi connectivity index (χ1v) is 8.48. The average molecular weight is 364 g/mol. The third-order valence-electron chi connectivity index (χ3n) is 4.35. The Morgan fingerprint density at radius 3 is 2.92 bits per heavy atom. The van der Waals surface area contributed by atoms with Crippen LogP contribution in [0.3, 0.4) is 0 Å². The molecule has 9 heteroatoms. The lowest BCUT2D eigenvalue weighted by atomic mass is 10.2. The molecule has 1 atom stereocenters. The second-order valence-electron chi connectivity index (χ2n) is 6.28. The van der Waals surface area contributed by atoms with Crippen molar-refractivity contribution in [2.24, 2.45) is 0 Å². The number of cyclic esters (lactones) is 1. The van der Waals surface area contributed by atoms with E-state index in [-0.39, 0.29) is 24.9 Å². The summed E-state index contributed by atoms with van der Waals surface area (Å²) in [6.07, 6.45) is -0.737. The van der Waals surface area contributed by atoms with Crippen LogP contribution in [0.15, 0.2) is 18.2 Å². The van der Waals surface area contributed by atoms with Gasteiger partial charge in [-0.05, 0) is 18.2 Å². The Labute approximate surface area is 150 Å². The minimum Gasteiger partial charge on any atom is -0.442 e. The summed E-state index contributed by atoms with van der Waals surface area (Å²) in [5.41, 5.74) is 0.790. The number of carbonyl (C=O) groups is 3. The lowest BCUT2D eigenvalue weighted by Crippen LogP contribution is -2.33. The average Bonchev–Trinajstić information content (AvgIpc) is 2.83. The largest absolute Gasteiger partial charge is 0.442 e. The van der Waals surface area contributed by atoms with E-state index in [1.165, 1.54) is 17.9 Å². The van der Waals surface area contributed by atoms with Crippen molar-refractivity contribution in [2.75, 3.05) is 42.5 Å². The van der Waals surface area contributed by atoms with Gasteiger partial charge in [0.25, 0.3) is 0 Å². The molecule has 2 N–H and O–H groups in total. The fourth-order valence-electron chi connectivity index (χ4n) is 3.02. The van der Waals surface area contributed by atoms with Gasteiger partial charge in [0.05, 0.1) is 24.5 Å². The monoisotopic (exact) mass is 364 g/mol. The molecule has 2 aliphatic rings. The lowest BCUT2D eigenvalue weighted by Gasteiger charge is -2.23. The molecule has 8 nitrogen and oxygen atoms in total. The molecule has 0 saturated carbocycles. The van der Waals surface area contributed by atoms with E-state index in [0.717, 1.165) is 0 Å². The summed E-state index contributed by atoms with van der Waals surface area (Å²) in [5, 5.41) is 5.34. The van der Waals surface area contributed by atoms with Gasteiger partial charge in [-0.3, -0.25) is 14.5 Å². The molecule has 1 unspecified atom stereocenters. The summed E-state index contributed by atoms with van der Waals surface area (Å²) >= 11 is 0. The number of halogens is 1. The second kappa shape index (κ2) is 7.59. The first-order valence-electron chi connectivity index (χ1n) is 8.48. The Kier molecular flexibility index (Phi) is 5.24. The van der Waals surface area contributed by atoms with Gasteiger partial charge in [-0.15, -0.1) is 0 Å². The van der Waals surface area contributed by atoms with Crippen LogP contribution in [0.5, 0.6) is 0 Å². The molecule has 1 aromatic rings. The van der Waals surface area contributed by atoms with Crippen LogP contribution in [0.2, 0.25) is 0 Å². The number of benzene rings is 1. The van der Waals surface area contributed by atoms with Crippen LogP contribution in [0.25, 0.3) is 0 Å². The SMILES string of the molecule is CC(=O)NCC1CN(c2ccc(N3CCNC(=O)CC3)c(F)c2)C(=O)O1. The van der Waals surface area contributed by atoms with Crippen LogP contribution in [0.4, 0.5) is 20.6 Å². The van der Waals surface area contributed by atoms with Crippen LogP contribution in [-0.2, 0) is 14.3 Å². The fraction of sp³-hybridized carbons (Fsp3) is 0.471. The third kappa shape index (κ3) is 4.04. The molecule has 0 aliphatic carbocycles. The fourth-order valence-corrected chi connectivity index (χ4v) is 3.02. The van der Waals surface area contributed by atoms with Gasteiger partial charge in [0.15, 0.2) is 0 Å². The third-order valence-corrected chi connectivity index (χ3v) is 4.35. The minimum absolute atomic E-state index is 0.0467. The molecule has 2 aliphatic heterocycles. The molecule has 1 aromatic carbocycles. The van der Waals surface area contributed by atoms with E-state index in [2.05, 4.69) is 10.6 Å². The predicted molar refractivity (Wildman–Crippen MR) is 92.5 cm³/mol. The van der Waals surface area contributed by atoms with Gasteiger partial charge in [0, 0.05) is 33.0 Å². The number of ether oxygens (including phenoxy) is 1. The molecule has 0 bridgehead atoms. The Morgan fingerprint density at radius 1 is 1.38 bits per heavy atom. The van der Waals surface area contributed by atoms with Crippen LogP contribution >= 0.6 is 0 Å². The van der Waals surface area contributed by atoms with Crippen molar-refractivity contribution in [3.05, 3.63) is 24.0 Å². The van der Waals surface area contributed by atoms with Gasteiger partial charge in [-0.1, -0.05) is 0 Å². The van der Waals surface area contributed by atoms with E-state index < -0.39 is 18.0 Å². The maximum absolute atomic E-state index is 14.6. The number of nitrogens with one attached hydrogen (secondary N) is 2. The molecular weight excluding hydrogens is 343 g/mol. The lowest BCUT2D eigenvalue weighted by molar-refractivity contribution is -0.120. The highest BCUT2D eigenvalue weighted by molar-refractivity contribution is 5.90. The van der Waals surface area contributed by atoms with E-state index in [1.54, 1.807) is 17.0 Å². The van der Waals surface area contributed by atoms with Crippen LogP contribution in [0, 0.1) is 5.82 Å². The quantitative estimate of drug-likeness (QED) is 0.817. The number of rotatable bonds is 4. The molecule has 0 spiro atoms. The zero-order valence-corrected chi connectivity index (χ0v) is 14.5. The predicted octanol–water partition coefficient (Wildman–Crippen LogP) is 0.613. The number of hydrogen-bond acceptors (Lipinski definition) is 5. The Hall–Kier alpha value is -2.84. The number of carbonyl (C=O) groups excluding carboxylic acids is 3. The van der Waals surface area contributed by atoms with Crippen LogP contribution < -0.4 is 20.4 Å². The van der Waals surface area contributed by atoms with Gasteiger partial charge in [-0.2, -0.15) is 0 Å². The number of amides is 3. The van der Waals surface area contributed by atoms with Gasteiger partial charge in [0.2, 0.25) is 11.8 Å². The molecule has 3 rings (SSSR count). The first-order chi connectivity index (χ1) is 12.4. The molecule has 0 radical (unpaired) electrons. The molecule has 26 heavy (non-hydrogen) atoms. The van der Waals surface area contributed by atoms with E-state index in [4.69, 9.17) is 4.74 Å². The maximum Gasteiger partial charge on any atom is 0.414 e. The van der Waals surface area contributed by atoms with E-state index in [0.29, 0.717) is 37.4 Å². The zero-order chi connectivity index (χ0) is 18.7. The summed E-state index contributed by atoms with van der Waals surface area (Å²) in [6, 6.07) is 4.55. The van der Waals surface area contributed by atoms with Crippen molar-refractivity contribution in [3.8, 4) is 0 Å². The second-order valence-corrected chi connectivity index (χ2v) is 6.28. The van der Waals surface area contributed by atoms with Gasteiger partial charge in [-0.25, -0.2) is 9.18 Å². The number of hydrogen-bond donors (Lipinski definition) is 2. The summed E-state index contributed by atoms with van der Waals surface area (Å²) < 4.78 is 19.8. The molecule has 2 saturated heterocycles. The Morgan fingerprint density at radius 2 is 2.19 bits per heavy atom. The zero-order valence-electron chi connectivity index (χ0n) is 14.5. The summed E-state index contributed by atoms with van der Waals surface area (Å²) in [5.74, 6) is -0.718. The summed E-state index contributed by atoms with van der Waals surface area (Å²) in [6.45, 7) is 3.25. The van der Waals surface area contributed by atoms with Crippen LogP contribution in [0.1, 0.15) is 13.3 Å². The number of anilines is 2. The van der Waals surface area contributed by atoms with E-state index >= 15 is 0 Å². The minimum atomic E-state index is -0.572. The summed E-state index contributed by atoms with van der Waals surface area (Å²) in [7, 11) is 0. The first kappa shape index (κ1) is 18.0. The van der Waals surface area contributed by atoms with E-state index in [1.807, 2.05) is 0 Å². The molecule has 2 heterocycles. The van der Waals surface area contributed by atoms with Crippen molar-refractivity contribution in [3.63, 3.8) is 0 Å². The van der Waals surface area contributed by atoms with Gasteiger partial charge in [0.1, 0.15) is 11.9 Å². The molecule has 3 amide bonds. The summed E-state index contributed by atoms with van der Waals surface area (Å²) in [4.78, 5) is 37.6. The van der Waals surface area contributed by atoms with E-state index in [9.17, 15) is 18.8 Å². The van der Waals surface area contributed by atoms with Crippen molar-refractivity contribution in [2.45, 2.75) is 19.4 Å². The Bertz CT molecular complexity index is 727. The number of nitrogens with zero attached hydrogens (tertiary/aromatic N) is 2. The maximum atomic E-state index is 14.6. The van der Waals surface area contributed by atoms with Crippen molar-refractivity contribution >= 4 is 29.3 Å². The molecule has 2 fully saturated rings. The van der Waals surface area contributed by atoms with Gasteiger partial charge >= 0.3 is 6.09 Å². The van der Waals surface area contributed by atoms with Crippen molar-refractivity contribution < 1.29 is 23.5 Å². The van der Waals surface area contributed by atoms with Gasteiger partial charge < -0.3 is 20.3 Å². The van der Waals surface area contributed by atoms with Crippen molar-refractivity contribution in [1.29, 1.82) is 0 Å². The highest BCUT2D eigenvalue weighted by Gasteiger charge is 2.33. The highest BCUT2D eigenvalue weighted by atomic mass is 19.1. The molecule has 140 valence electrons. The molecular formula is C17H21FN4O4. The standard InChI is InChI=1S/C17H21FN4O4/c1-11(23)20-9-13-10-22(17(25)26-13)12-2-3-15(14(18)8-12)21-6-4-16(24)19-5-7-21/h2-3,8,13H,4-7,9-10H2,1H3,(H,19,24)(H,20,23). The normalized spacial score (nSPS) is 20.5. The highest BCUT2D eigenvalue weighted by Crippen LogP contribution is 2.28. The Balaban J connectivity index is 1.70. The molecule has 0 aromatic heterocycles. The smallest absolute Gasteiger partial charge is 0.414 e. The topological polar surface area (TPSA) is 91.0 Å².